The molecule has 0 N–H and O–H groups in total. The number of nitrogens with zero attached hydrogens (tertiary/aromatic N) is 3. The lowest BCUT2D eigenvalue weighted by Crippen LogP contribution is -2.49. The van der Waals surface area contributed by atoms with E-state index in [-0.39, 0.29) is 11.7 Å². The number of carbonyl (C=O) groups is 1. The number of anilines is 1. The smallest absolute Gasteiger partial charge is 0.276 e. The molecule has 5 rings (SSSR count). The van der Waals surface area contributed by atoms with Crippen molar-refractivity contribution in [1.29, 1.82) is 0 Å². The van der Waals surface area contributed by atoms with Gasteiger partial charge in [-0.05, 0) is 60.9 Å². The molecule has 3 aromatic rings. The summed E-state index contributed by atoms with van der Waals surface area (Å²) in [5.41, 5.74) is 4.39. The maximum absolute atomic E-state index is 13.2. The highest BCUT2D eigenvalue weighted by molar-refractivity contribution is 5.95. The summed E-state index contributed by atoms with van der Waals surface area (Å²) in [4.78, 5) is 17.1. The minimum Gasteiger partial charge on any atom is -0.497 e. The molecule has 7 heteroatoms. The van der Waals surface area contributed by atoms with Crippen LogP contribution in [-0.2, 0) is 12.8 Å². The molecular formula is C23H22FN3O3. The molecule has 6 nitrogen and oxygen atoms in total. The van der Waals surface area contributed by atoms with Crippen molar-refractivity contribution in [2.45, 2.75) is 12.8 Å². The van der Waals surface area contributed by atoms with Gasteiger partial charge in [0.05, 0.1) is 7.11 Å². The van der Waals surface area contributed by atoms with Crippen molar-refractivity contribution in [2.75, 3.05) is 38.2 Å². The summed E-state index contributed by atoms with van der Waals surface area (Å²) in [6.07, 6.45) is 1.54. The zero-order valence-corrected chi connectivity index (χ0v) is 16.7. The minimum atomic E-state index is -0.247. The molecule has 2 aliphatic rings. The molecule has 2 heterocycles. The van der Waals surface area contributed by atoms with Gasteiger partial charge in [0.15, 0.2) is 11.5 Å². The van der Waals surface area contributed by atoms with Gasteiger partial charge in [-0.1, -0.05) is 5.16 Å². The first-order valence-electron chi connectivity index (χ1n) is 10.1. The molecule has 0 spiro atoms. The highest BCUT2D eigenvalue weighted by atomic mass is 19.1. The number of piperazine rings is 1. The van der Waals surface area contributed by atoms with E-state index >= 15 is 0 Å². The standard InChI is InChI=1S/C23H22FN3O3/c1-29-18-7-9-19-15(14-18)2-8-20-21(25-30-22(19)20)23(28)27-12-10-26(11-13-27)17-5-3-16(24)4-6-17/h3-7,9,14H,2,8,10-13H2,1H3. The number of methoxy groups -OCH3 is 1. The molecule has 1 amide bonds. The van der Waals surface area contributed by atoms with Gasteiger partial charge < -0.3 is 19.1 Å². The van der Waals surface area contributed by atoms with E-state index in [9.17, 15) is 9.18 Å². The fourth-order valence-electron chi connectivity index (χ4n) is 4.28. The van der Waals surface area contributed by atoms with Gasteiger partial charge in [0.25, 0.3) is 5.91 Å². The van der Waals surface area contributed by atoms with Crippen LogP contribution in [0.3, 0.4) is 0 Å². The summed E-state index contributed by atoms with van der Waals surface area (Å²) in [6, 6.07) is 12.3. The van der Waals surface area contributed by atoms with Gasteiger partial charge in [-0.3, -0.25) is 4.79 Å². The number of hydrogen-bond donors (Lipinski definition) is 0. The third-order valence-electron chi connectivity index (χ3n) is 5.95. The second-order valence-electron chi connectivity index (χ2n) is 7.62. The zero-order chi connectivity index (χ0) is 20.7. The summed E-state index contributed by atoms with van der Waals surface area (Å²) < 4.78 is 24.1. The summed E-state index contributed by atoms with van der Waals surface area (Å²) in [6.45, 7) is 2.57. The van der Waals surface area contributed by atoms with E-state index in [2.05, 4.69) is 10.1 Å². The molecule has 0 radical (unpaired) electrons. The first-order valence-corrected chi connectivity index (χ1v) is 10.1. The van der Waals surface area contributed by atoms with Crippen LogP contribution < -0.4 is 9.64 Å². The Morgan fingerprint density at radius 2 is 1.83 bits per heavy atom. The molecule has 1 aliphatic carbocycles. The van der Waals surface area contributed by atoms with Crippen LogP contribution in [0.25, 0.3) is 11.3 Å². The van der Waals surface area contributed by atoms with E-state index in [1.807, 2.05) is 23.1 Å². The van der Waals surface area contributed by atoms with Crippen molar-refractivity contribution in [1.82, 2.24) is 10.1 Å². The van der Waals surface area contributed by atoms with Crippen LogP contribution in [0, 0.1) is 5.82 Å². The fraction of sp³-hybridized carbons (Fsp3) is 0.304. The van der Waals surface area contributed by atoms with Gasteiger partial charge >= 0.3 is 0 Å². The van der Waals surface area contributed by atoms with Gasteiger partial charge in [0.2, 0.25) is 0 Å². The number of aromatic nitrogens is 1. The van der Waals surface area contributed by atoms with Gasteiger partial charge in [-0.15, -0.1) is 0 Å². The first-order chi connectivity index (χ1) is 14.6. The second-order valence-corrected chi connectivity index (χ2v) is 7.62. The third-order valence-corrected chi connectivity index (χ3v) is 5.95. The lowest BCUT2D eigenvalue weighted by atomic mass is 9.89. The predicted octanol–water partition coefficient (Wildman–Crippen LogP) is 3.55. The number of rotatable bonds is 3. The van der Waals surface area contributed by atoms with Crippen molar-refractivity contribution in [3.63, 3.8) is 0 Å². The first kappa shape index (κ1) is 18.7. The number of fused-ring (bicyclic) bond motifs is 3. The maximum Gasteiger partial charge on any atom is 0.276 e. The van der Waals surface area contributed by atoms with E-state index in [4.69, 9.17) is 9.26 Å². The van der Waals surface area contributed by atoms with Gasteiger partial charge in [0, 0.05) is 43.0 Å². The highest BCUT2D eigenvalue weighted by Gasteiger charge is 2.31. The normalized spacial score (nSPS) is 15.5. The van der Waals surface area contributed by atoms with E-state index in [0.717, 1.165) is 41.0 Å². The van der Waals surface area contributed by atoms with Crippen LogP contribution >= 0.6 is 0 Å². The molecule has 1 fully saturated rings. The van der Waals surface area contributed by atoms with E-state index in [0.29, 0.717) is 37.6 Å². The average Bonchev–Trinajstić information content (AvgIpc) is 3.23. The number of amides is 1. The van der Waals surface area contributed by atoms with Crippen LogP contribution in [0.5, 0.6) is 5.75 Å². The van der Waals surface area contributed by atoms with Crippen molar-refractivity contribution >= 4 is 11.6 Å². The average molecular weight is 407 g/mol. The number of ether oxygens (including phenoxy) is 1. The SMILES string of the molecule is COc1ccc2c(c1)CCc1c(C(=O)N3CCN(c4ccc(F)cc4)CC3)noc1-2. The summed E-state index contributed by atoms with van der Waals surface area (Å²) in [5.74, 6) is 1.17. The van der Waals surface area contributed by atoms with Crippen LogP contribution in [0.15, 0.2) is 47.0 Å². The highest BCUT2D eigenvalue weighted by Crippen LogP contribution is 2.37. The van der Waals surface area contributed by atoms with Crippen molar-refractivity contribution in [3.8, 4) is 17.1 Å². The van der Waals surface area contributed by atoms with E-state index < -0.39 is 0 Å². The number of halogens is 1. The van der Waals surface area contributed by atoms with Crippen LogP contribution in [0.4, 0.5) is 10.1 Å². The zero-order valence-electron chi connectivity index (χ0n) is 16.7. The van der Waals surface area contributed by atoms with Crippen LogP contribution in [-0.4, -0.2) is 49.3 Å². The Morgan fingerprint density at radius 3 is 2.57 bits per heavy atom. The predicted molar refractivity (Wildman–Crippen MR) is 110 cm³/mol. The Bertz CT molecular complexity index is 1090. The molecule has 1 saturated heterocycles. The molecular weight excluding hydrogens is 385 g/mol. The molecule has 1 aromatic heterocycles. The number of carbonyl (C=O) groups excluding carboxylic acids is 1. The minimum absolute atomic E-state index is 0.0873. The second kappa shape index (κ2) is 7.48. The van der Waals surface area contributed by atoms with Crippen LogP contribution in [0.1, 0.15) is 21.6 Å². The van der Waals surface area contributed by atoms with Crippen LogP contribution in [0.2, 0.25) is 0 Å². The quantitative estimate of drug-likeness (QED) is 0.665. The van der Waals surface area contributed by atoms with Gasteiger partial charge in [0.1, 0.15) is 11.6 Å². The van der Waals surface area contributed by atoms with Gasteiger partial charge in [-0.2, -0.15) is 0 Å². The fourth-order valence-corrected chi connectivity index (χ4v) is 4.28. The molecule has 0 atom stereocenters. The van der Waals surface area contributed by atoms with Crippen molar-refractivity contribution < 1.29 is 18.4 Å². The Balaban J connectivity index is 1.32. The summed E-state index contributed by atoms with van der Waals surface area (Å²) in [7, 11) is 1.65. The topological polar surface area (TPSA) is 58.8 Å². The molecule has 0 saturated carbocycles. The molecule has 30 heavy (non-hydrogen) atoms. The van der Waals surface area contributed by atoms with Gasteiger partial charge in [-0.25, -0.2) is 4.39 Å². The molecule has 2 aromatic carbocycles. The van der Waals surface area contributed by atoms with Crippen molar-refractivity contribution in [2.24, 2.45) is 0 Å². The monoisotopic (exact) mass is 407 g/mol. The lowest BCUT2D eigenvalue weighted by Gasteiger charge is -2.36. The molecule has 0 bridgehead atoms. The Labute approximate surface area is 173 Å². The molecule has 0 unspecified atom stereocenters. The number of aryl methyl sites for hydroxylation is 1. The van der Waals surface area contributed by atoms with E-state index in [1.165, 1.54) is 12.1 Å². The number of benzene rings is 2. The molecule has 154 valence electrons. The third kappa shape index (κ3) is 3.20. The largest absolute Gasteiger partial charge is 0.497 e. The maximum atomic E-state index is 13.2. The Hall–Kier alpha value is -3.35. The Morgan fingerprint density at radius 1 is 1.07 bits per heavy atom. The van der Waals surface area contributed by atoms with E-state index in [1.54, 1.807) is 19.2 Å². The molecule has 1 aliphatic heterocycles. The Kier molecular flexibility index (Phi) is 4.65. The summed E-state index contributed by atoms with van der Waals surface area (Å²) in [5, 5.41) is 4.15. The van der Waals surface area contributed by atoms with Crippen molar-refractivity contribution in [3.05, 3.63) is 65.1 Å². The summed E-state index contributed by atoms with van der Waals surface area (Å²) >= 11 is 0. The number of hydrogen-bond acceptors (Lipinski definition) is 5. The lowest BCUT2D eigenvalue weighted by molar-refractivity contribution is 0.0735.